The van der Waals surface area contributed by atoms with Crippen LogP contribution in [0.1, 0.15) is 12.8 Å². The van der Waals surface area contributed by atoms with Gasteiger partial charge in [-0.1, -0.05) is 35.0 Å². The van der Waals surface area contributed by atoms with Crippen LogP contribution in [0.2, 0.25) is 0 Å². The summed E-state index contributed by atoms with van der Waals surface area (Å²) < 4.78 is 6.68. The summed E-state index contributed by atoms with van der Waals surface area (Å²) in [5.41, 5.74) is 1.04. The Labute approximate surface area is 103 Å². The van der Waals surface area contributed by atoms with E-state index < -0.39 is 0 Å². The highest BCUT2D eigenvalue weighted by atomic mass is 79.9. The molecule has 0 atom stereocenters. The summed E-state index contributed by atoms with van der Waals surface area (Å²) in [6, 6.07) is 7.98. The van der Waals surface area contributed by atoms with E-state index in [2.05, 4.69) is 33.2 Å². The Kier molecular flexibility index (Phi) is 3.74. The molecule has 0 spiro atoms. The maximum Gasteiger partial charge on any atom is 0.208 e. The molecule has 0 unspecified atom stereocenters. The second-order valence-electron chi connectivity index (χ2n) is 3.41. The summed E-state index contributed by atoms with van der Waals surface area (Å²) in [7, 11) is 0. The SMILES string of the molecule is CCNCc1ncc(-c2ccc(Br)cc2)o1. The van der Waals surface area contributed by atoms with Crippen molar-refractivity contribution >= 4 is 15.9 Å². The molecule has 1 aromatic carbocycles. The molecular formula is C12H13BrN2O. The zero-order valence-electron chi connectivity index (χ0n) is 9.03. The highest BCUT2D eigenvalue weighted by Crippen LogP contribution is 2.22. The van der Waals surface area contributed by atoms with Crippen LogP contribution in [0.25, 0.3) is 11.3 Å². The molecular weight excluding hydrogens is 268 g/mol. The van der Waals surface area contributed by atoms with Gasteiger partial charge in [0.2, 0.25) is 5.89 Å². The Bertz CT molecular complexity index is 450. The minimum Gasteiger partial charge on any atom is -0.439 e. The second-order valence-corrected chi connectivity index (χ2v) is 4.32. The zero-order valence-corrected chi connectivity index (χ0v) is 10.6. The summed E-state index contributed by atoms with van der Waals surface area (Å²) in [5, 5.41) is 3.17. The fraction of sp³-hybridized carbons (Fsp3) is 0.250. The largest absolute Gasteiger partial charge is 0.439 e. The van der Waals surface area contributed by atoms with Crippen molar-refractivity contribution in [3.05, 3.63) is 40.8 Å². The molecule has 0 bridgehead atoms. The first-order chi connectivity index (χ1) is 7.79. The predicted molar refractivity (Wildman–Crippen MR) is 67.0 cm³/mol. The molecule has 4 heteroatoms. The number of halogens is 1. The third kappa shape index (κ3) is 2.71. The van der Waals surface area contributed by atoms with Gasteiger partial charge in [-0.2, -0.15) is 0 Å². The van der Waals surface area contributed by atoms with Crippen LogP contribution in [0.3, 0.4) is 0 Å². The number of aromatic nitrogens is 1. The zero-order chi connectivity index (χ0) is 11.4. The van der Waals surface area contributed by atoms with E-state index in [0.29, 0.717) is 6.54 Å². The highest BCUT2D eigenvalue weighted by molar-refractivity contribution is 9.10. The lowest BCUT2D eigenvalue weighted by atomic mass is 10.2. The summed E-state index contributed by atoms with van der Waals surface area (Å²) >= 11 is 3.40. The van der Waals surface area contributed by atoms with E-state index in [-0.39, 0.29) is 0 Å². The van der Waals surface area contributed by atoms with Crippen molar-refractivity contribution < 1.29 is 4.42 Å². The minimum absolute atomic E-state index is 0.674. The van der Waals surface area contributed by atoms with Crippen LogP contribution in [0.5, 0.6) is 0 Å². The van der Waals surface area contributed by atoms with Crippen LogP contribution in [-0.2, 0) is 6.54 Å². The third-order valence-corrected chi connectivity index (χ3v) is 2.74. The van der Waals surface area contributed by atoms with E-state index in [0.717, 1.165) is 28.2 Å². The topological polar surface area (TPSA) is 38.1 Å². The van der Waals surface area contributed by atoms with E-state index in [4.69, 9.17) is 4.42 Å². The van der Waals surface area contributed by atoms with E-state index in [1.807, 2.05) is 24.3 Å². The molecule has 0 saturated heterocycles. The summed E-state index contributed by atoms with van der Waals surface area (Å²) in [4.78, 5) is 4.21. The van der Waals surface area contributed by atoms with Crippen molar-refractivity contribution in [2.45, 2.75) is 13.5 Å². The molecule has 0 fully saturated rings. The summed E-state index contributed by atoms with van der Waals surface area (Å²) in [5.74, 6) is 1.53. The Hall–Kier alpha value is -1.13. The first kappa shape index (κ1) is 11.4. The second kappa shape index (κ2) is 5.27. The molecule has 0 aliphatic carbocycles. The number of benzene rings is 1. The van der Waals surface area contributed by atoms with Crippen LogP contribution in [0.15, 0.2) is 39.4 Å². The molecule has 0 saturated carbocycles. The molecule has 0 amide bonds. The van der Waals surface area contributed by atoms with Gasteiger partial charge in [-0.15, -0.1) is 0 Å². The molecule has 84 valence electrons. The van der Waals surface area contributed by atoms with Gasteiger partial charge >= 0.3 is 0 Å². The normalized spacial score (nSPS) is 10.6. The quantitative estimate of drug-likeness (QED) is 0.935. The lowest BCUT2D eigenvalue weighted by Gasteiger charge is -1.97. The standard InChI is InChI=1S/C12H13BrN2O/c1-2-14-8-12-15-7-11(16-12)9-3-5-10(13)6-4-9/h3-7,14H,2,8H2,1H3. The monoisotopic (exact) mass is 280 g/mol. The van der Waals surface area contributed by atoms with Crippen LogP contribution in [0, 0.1) is 0 Å². The fourth-order valence-electron chi connectivity index (χ4n) is 1.37. The minimum atomic E-state index is 0.674. The Balaban J connectivity index is 2.15. The fourth-order valence-corrected chi connectivity index (χ4v) is 1.64. The molecule has 1 aromatic heterocycles. The van der Waals surface area contributed by atoms with Crippen molar-refractivity contribution in [1.29, 1.82) is 0 Å². The van der Waals surface area contributed by atoms with Gasteiger partial charge in [-0.3, -0.25) is 0 Å². The van der Waals surface area contributed by atoms with Gasteiger partial charge in [0, 0.05) is 10.0 Å². The van der Waals surface area contributed by atoms with E-state index in [1.165, 1.54) is 0 Å². The van der Waals surface area contributed by atoms with Crippen LogP contribution >= 0.6 is 15.9 Å². The van der Waals surface area contributed by atoms with E-state index in [9.17, 15) is 0 Å². The highest BCUT2D eigenvalue weighted by Gasteiger charge is 2.05. The summed E-state index contributed by atoms with van der Waals surface area (Å²) in [6.07, 6.45) is 1.76. The summed E-state index contributed by atoms with van der Waals surface area (Å²) in [6.45, 7) is 3.64. The molecule has 16 heavy (non-hydrogen) atoms. The van der Waals surface area contributed by atoms with Gasteiger partial charge in [0.25, 0.3) is 0 Å². The molecule has 0 radical (unpaired) electrons. The molecule has 3 nitrogen and oxygen atoms in total. The van der Waals surface area contributed by atoms with Crippen molar-refractivity contribution in [2.24, 2.45) is 0 Å². The Morgan fingerprint density at radius 2 is 2.06 bits per heavy atom. The van der Waals surface area contributed by atoms with Crippen molar-refractivity contribution in [3.8, 4) is 11.3 Å². The van der Waals surface area contributed by atoms with E-state index in [1.54, 1.807) is 6.20 Å². The number of hydrogen-bond acceptors (Lipinski definition) is 3. The predicted octanol–water partition coefficient (Wildman–Crippen LogP) is 3.21. The Morgan fingerprint density at radius 1 is 1.31 bits per heavy atom. The number of hydrogen-bond donors (Lipinski definition) is 1. The van der Waals surface area contributed by atoms with Gasteiger partial charge in [-0.05, 0) is 18.7 Å². The first-order valence-electron chi connectivity index (χ1n) is 5.21. The lowest BCUT2D eigenvalue weighted by molar-refractivity contribution is 0.482. The van der Waals surface area contributed by atoms with Crippen molar-refractivity contribution in [3.63, 3.8) is 0 Å². The number of rotatable bonds is 4. The van der Waals surface area contributed by atoms with Gasteiger partial charge in [0.1, 0.15) is 0 Å². The third-order valence-electron chi connectivity index (χ3n) is 2.21. The number of nitrogens with zero attached hydrogens (tertiary/aromatic N) is 1. The average Bonchev–Trinajstić information content (AvgIpc) is 2.76. The van der Waals surface area contributed by atoms with Crippen molar-refractivity contribution in [2.75, 3.05) is 6.54 Å². The van der Waals surface area contributed by atoms with Gasteiger partial charge in [-0.25, -0.2) is 4.98 Å². The van der Waals surface area contributed by atoms with Crippen LogP contribution in [-0.4, -0.2) is 11.5 Å². The first-order valence-corrected chi connectivity index (χ1v) is 6.00. The molecule has 2 rings (SSSR count). The molecule has 0 aliphatic heterocycles. The maximum atomic E-state index is 5.62. The Morgan fingerprint density at radius 3 is 2.75 bits per heavy atom. The molecule has 0 aliphatic rings. The average molecular weight is 281 g/mol. The number of nitrogens with one attached hydrogen (secondary N) is 1. The number of oxazole rings is 1. The molecule has 2 aromatic rings. The maximum absolute atomic E-state index is 5.62. The lowest BCUT2D eigenvalue weighted by Crippen LogP contribution is -2.11. The van der Waals surface area contributed by atoms with Crippen LogP contribution < -0.4 is 5.32 Å². The molecule has 1 N–H and O–H groups in total. The van der Waals surface area contributed by atoms with E-state index >= 15 is 0 Å². The van der Waals surface area contributed by atoms with Crippen molar-refractivity contribution in [1.82, 2.24) is 10.3 Å². The molecule has 1 heterocycles. The smallest absolute Gasteiger partial charge is 0.208 e. The van der Waals surface area contributed by atoms with Crippen LogP contribution in [0.4, 0.5) is 0 Å². The van der Waals surface area contributed by atoms with Gasteiger partial charge in [0.05, 0.1) is 12.7 Å². The van der Waals surface area contributed by atoms with Gasteiger partial charge in [0.15, 0.2) is 5.76 Å². The van der Waals surface area contributed by atoms with Gasteiger partial charge < -0.3 is 9.73 Å².